The second kappa shape index (κ2) is 8.75. The van der Waals surface area contributed by atoms with E-state index < -0.39 is 5.91 Å². The number of amides is 1. The van der Waals surface area contributed by atoms with Gasteiger partial charge in [-0.15, -0.1) is 0 Å². The highest BCUT2D eigenvalue weighted by atomic mass is 16.5. The lowest BCUT2D eigenvalue weighted by Crippen LogP contribution is -2.22. The predicted octanol–water partition coefficient (Wildman–Crippen LogP) is 4.85. The Kier molecular flexibility index (Phi) is 5.84. The van der Waals surface area contributed by atoms with E-state index in [0.29, 0.717) is 11.6 Å². The van der Waals surface area contributed by atoms with E-state index in [-0.39, 0.29) is 18.0 Å². The van der Waals surface area contributed by atoms with E-state index in [1.54, 1.807) is 0 Å². The fourth-order valence-electron chi connectivity index (χ4n) is 3.99. The molecule has 0 atom stereocenters. The molecule has 33 heavy (non-hydrogen) atoms. The van der Waals surface area contributed by atoms with Crippen LogP contribution in [0.5, 0.6) is 5.75 Å². The number of aryl methyl sites for hydroxylation is 5. The zero-order valence-electron chi connectivity index (χ0n) is 19.4. The monoisotopic (exact) mass is 439 g/mol. The number of nitrogens with zero attached hydrogens (tertiary/aromatic N) is 4. The van der Waals surface area contributed by atoms with E-state index >= 15 is 0 Å². The molecule has 0 unspecified atom stereocenters. The first-order valence-electron chi connectivity index (χ1n) is 10.6. The summed E-state index contributed by atoms with van der Waals surface area (Å²) < 4.78 is 7.15. The van der Waals surface area contributed by atoms with Gasteiger partial charge in [0.15, 0.2) is 18.2 Å². The van der Waals surface area contributed by atoms with Crippen LogP contribution in [0, 0.1) is 45.9 Å². The van der Waals surface area contributed by atoms with Gasteiger partial charge in [0, 0.05) is 5.39 Å². The predicted molar refractivity (Wildman–Crippen MR) is 128 cm³/mol. The van der Waals surface area contributed by atoms with Crippen LogP contribution in [0.1, 0.15) is 33.4 Å². The second-order valence-electron chi connectivity index (χ2n) is 8.37. The minimum absolute atomic E-state index is 0.193. The summed E-state index contributed by atoms with van der Waals surface area (Å²) in [4.78, 5) is 17.5. The fourth-order valence-corrected chi connectivity index (χ4v) is 3.99. The van der Waals surface area contributed by atoms with E-state index in [1.807, 2.05) is 52.0 Å². The first kappa shape index (κ1) is 22.0. The Labute approximate surface area is 192 Å². The molecule has 2 heterocycles. The van der Waals surface area contributed by atoms with Gasteiger partial charge in [0.1, 0.15) is 17.4 Å². The van der Waals surface area contributed by atoms with Crippen LogP contribution in [0.4, 0.5) is 5.82 Å². The number of benzene rings is 2. The minimum Gasteiger partial charge on any atom is -0.484 e. The second-order valence-corrected chi connectivity index (χ2v) is 8.37. The molecule has 0 saturated carbocycles. The number of hydrogen-bond donors (Lipinski definition) is 1. The van der Waals surface area contributed by atoms with Gasteiger partial charge >= 0.3 is 0 Å². The van der Waals surface area contributed by atoms with Gasteiger partial charge in [0.05, 0.1) is 11.7 Å². The first-order valence-corrected chi connectivity index (χ1v) is 10.6. The lowest BCUT2D eigenvalue weighted by Gasteiger charge is -2.13. The molecule has 7 heteroatoms. The van der Waals surface area contributed by atoms with Gasteiger partial charge in [-0.25, -0.2) is 4.98 Å². The van der Waals surface area contributed by atoms with E-state index in [0.717, 1.165) is 33.2 Å². The number of pyridine rings is 1. The number of anilines is 1. The van der Waals surface area contributed by atoms with Crippen molar-refractivity contribution in [3.05, 3.63) is 76.0 Å². The zero-order chi connectivity index (χ0) is 23.7. The molecule has 0 bridgehead atoms. The average Bonchev–Trinajstić information content (AvgIpc) is 3.14. The average molecular weight is 440 g/mol. The van der Waals surface area contributed by atoms with Gasteiger partial charge in [-0.1, -0.05) is 17.7 Å². The molecule has 1 N–H and O–H groups in total. The van der Waals surface area contributed by atoms with Crippen molar-refractivity contribution in [2.45, 2.75) is 34.6 Å². The van der Waals surface area contributed by atoms with Gasteiger partial charge in [0.25, 0.3) is 5.91 Å². The van der Waals surface area contributed by atoms with Crippen LogP contribution >= 0.6 is 0 Å². The highest BCUT2D eigenvalue weighted by molar-refractivity contribution is 5.93. The van der Waals surface area contributed by atoms with Gasteiger partial charge < -0.3 is 10.1 Å². The van der Waals surface area contributed by atoms with Crippen molar-refractivity contribution in [1.29, 1.82) is 5.26 Å². The van der Waals surface area contributed by atoms with Crippen molar-refractivity contribution >= 4 is 22.6 Å². The Morgan fingerprint density at radius 2 is 1.70 bits per heavy atom. The summed E-state index contributed by atoms with van der Waals surface area (Å²) in [7, 11) is 0. The highest BCUT2D eigenvalue weighted by Crippen LogP contribution is 2.26. The molecule has 0 aliphatic rings. The third kappa shape index (κ3) is 4.55. The van der Waals surface area contributed by atoms with Gasteiger partial charge in [-0.2, -0.15) is 15.0 Å². The van der Waals surface area contributed by atoms with Gasteiger partial charge in [-0.3, -0.25) is 4.79 Å². The van der Waals surface area contributed by atoms with Crippen LogP contribution < -0.4 is 10.1 Å². The normalized spacial score (nSPS) is 10.8. The zero-order valence-corrected chi connectivity index (χ0v) is 19.4. The van der Waals surface area contributed by atoms with Crippen LogP contribution in [0.3, 0.4) is 0 Å². The van der Waals surface area contributed by atoms with Crippen molar-refractivity contribution in [3.8, 4) is 17.6 Å². The number of rotatable bonds is 5. The Hall–Kier alpha value is -4.18. The topological polar surface area (TPSA) is 92.8 Å². The Balaban J connectivity index is 1.64. The van der Waals surface area contributed by atoms with Crippen molar-refractivity contribution in [2.75, 3.05) is 11.9 Å². The minimum atomic E-state index is -0.392. The van der Waals surface area contributed by atoms with Gasteiger partial charge in [-0.05, 0) is 81.1 Å². The molecule has 2 aromatic heterocycles. The lowest BCUT2D eigenvalue weighted by molar-refractivity contribution is -0.118. The van der Waals surface area contributed by atoms with Crippen LogP contribution in [0.2, 0.25) is 0 Å². The highest BCUT2D eigenvalue weighted by Gasteiger charge is 2.18. The van der Waals surface area contributed by atoms with Crippen LogP contribution in [-0.2, 0) is 4.79 Å². The van der Waals surface area contributed by atoms with E-state index in [4.69, 9.17) is 9.72 Å². The molecule has 0 aliphatic carbocycles. The summed E-state index contributed by atoms with van der Waals surface area (Å²) >= 11 is 0. The number of fused-ring (bicyclic) bond motifs is 1. The first-order chi connectivity index (χ1) is 15.7. The summed E-state index contributed by atoms with van der Waals surface area (Å²) in [5.74, 6) is 1.02. The summed E-state index contributed by atoms with van der Waals surface area (Å²) in [6, 6.07) is 13.9. The Morgan fingerprint density at radius 1 is 1.00 bits per heavy atom. The molecular weight excluding hydrogens is 414 g/mol. The molecule has 0 radical (unpaired) electrons. The summed E-state index contributed by atoms with van der Waals surface area (Å²) in [5.41, 5.74) is 6.47. The molecule has 0 fully saturated rings. The van der Waals surface area contributed by atoms with Crippen molar-refractivity contribution < 1.29 is 9.53 Å². The number of nitriles is 1. The van der Waals surface area contributed by atoms with E-state index in [2.05, 4.69) is 35.5 Å². The smallest absolute Gasteiger partial charge is 0.263 e. The number of carbonyl (C=O) groups excluding carboxylic acids is 1. The maximum Gasteiger partial charge on any atom is 0.263 e. The standard InChI is InChI=1S/C26H25N5O2/c1-15-6-16(2)9-21(8-15)33-14-24(32)30-26-20(12-27)13-28-31(26)23-11-18(4)22-10-17(3)7-19(5)25(22)29-23/h6-11,13H,14H2,1-5H3,(H,30,32). The third-order valence-electron chi connectivity index (χ3n) is 5.37. The van der Waals surface area contributed by atoms with E-state index in [1.165, 1.54) is 16.4 Å². The lowest BCUT2D eigenvalue weighted by atomic mass is 10.0. The molecule has 0 aliphatic heterocycles. The molecule has 166 valence electrons. The molecule has 1 amide bonds. The quantitative estimate of drug-likeness (QED) is 0.480. The fraction of sp³-hybridized carbons (Fsp3) is 0.231. The molecule has 2 aromatic carbocycles. The molecule has 0 spiro atoms. The number of aromatic nitrogens is 3. The Bertz CT molecular complexity index is 1410. The largest absolute Gasteiger partial charge is 0.484 e. The number of hydrogen-bond acceptors (Lipinski definition) is 5. The maximum absolute atomic E-state index is 12.7. The molecule has 4 aromatic rings. The van der Waals surface area contributed by atoms with E-state index in [9.17, 15) is 10.1 Å². The molecule has 0 saturated heterocycles. The van der Waals surface area contributed by atoms with Crippen molar-refractivity contribution in [2.24, 2.45) is 0 Å². The third-order valence-corrected chi connectivity index (χ3v) is 5.37. The molecule has 4 rings (SSSR count). The van der Waals surface area contributed by atoms with Crippen LogP contribution in [0.15, 0.2) is 42.6 Å². The number of nitrogens with one attached hydrogen (secondary N) is 1. The number of ether oxygens (including phenoxy) is 1. The number of carbonyl (C=O) groups is 1. The van der Waals surface area contributed by atoms with Crippen LogP contribution in [0.25, 0.3) is 16.7 Å². The van der Waals surface area contributed by atoms with Gasteiger partial charge in [0.2, 0.25) is 0 Å². The maximum atomic E-state index is 12.7. The SMILES string of the molecule is Cc1cc(C)cc(OCC(=O)Nc2c(C#N)cnn2-c2cc(C)c3cc(C)cc(C)c3n2)c1. The summed E-state index contributed by atoms with van der Waals surface area (Å²) in [6.45, 7) is 9.83. The van der Waals surface area contributed by atoms with Crippen molar-refractivity contribution in [1.82, 2.24) is 14.8 Å². The molecular formula is C26H25N5O2. The summed E-state index contributed by atoms with van der Waals surface area (Å²) in [6.07, 6.45) is 1.42. The van der Waals surface area contributed by atoms with Crippen LogP contribution in [-0.4, -0.2) is 27.3 Å². The molecule has 7 nitrogen and oxygen atoms in total. The summed E-state index contributed by atoms with van der Waals surface area (Å²) in [5, 5.41) is 17.7. The van der Waals surface area contributed by atoms with Crippen molar-refractivity contribution in [3.63, 3.8) is 0 Å². The Morgan fingerprint density at radius 3 is 2.39 bits per heavy atom.